The van der Waals surface area contributed by atoms with Crippen molar-refractivity contribution in [2.24, 2.45) is 0 Å². The van der Waals surface area contributed by atoms with Gasteiger partial charge in [0.2, 0.25) is 11.8 Å². The average molecular weight is 659 g/mol. The molecule has 1 heterocycles. The molecule has 3 amide bonds. The van der Waals surface area contributed by atoms with E-state index in [2.05, 4.69) is 10.6 Å². The number of ether oxygens (including phenoxy) is 2. The summed E-state index contributed by atoms with van der Waals surface area (Å²) < 4.78 is 10.1. The van der Waals surface area contributed by atoms with Crippen LogP contribution in [0.4, 0.5) is 11.4 Å². The Kier molecular flexibility index (Phi) is 11.9. The van der Waals surface area contributed by atoms with Crippen molar-refractivity contribution in [3.63, 3.8) is 0 Å². The number of carbonyl (C=O) groups is 5. The largest absolute Gasteiger partial charge is 0.469 e. The number of nitrogens with zero attached hydrogens (tertiary/aromatic N) is 2. The van der Waals surface area contributed by atoms with Crippen LogP contribution in [-0.2, 0) is 40.0 Å². The third-order valence-electron chi connectivity index (χ3n) is 8.22. The predicted molar refractivity (Wildman–Crippen MR) is 184 cm³/mol. The lowest BCUT2D eigenvalue weighted by Gasteiger charge is -2.27. The van der Waals surface area contributed by atoms with E-state index in [1.165, 1.54) is 7.11 Å². The van der Waals surface area contributed by atoms with Crippen molar-refractivity contribution >= 4 is 51.8 Å². The molecule has 0 saturated carbocycles. The number of hydrogen-bond acceptors (Lipinski definition) is 8. The van der Waals surface area contributed by atoms with Crippen molar-refractivity contribution in [2.75, 3.05) is 30.0 Å². The first-order valence-electron chi connectivity index (χ1n) is 16.3. The number of anilines is 2. The minimum Gasteiger partial charge on any atom is -0.469 e. The highest BCUT2D eigenvalue weighted by atomic mass is 16.6. The normalized spacial score (nSPS) is 15.4. The second-order valence-corrected chi connectivity index (χ2v) is 13.0. The Balaban J connectivity index is 1.65. The molecular formula is C37H46N4O7. The van der Waals surface area contributed by atoms with Crippen molar-refractivity contribution in [1.82, 2.24) is 10.6 Å². The summed E-state index contributed by atoms with van der Waals surface area (Å²) in [7, 11) is 1.33. The zero-order valence-electron chi connectivity index (χ0n) is 28.6. The van der Waals surface area contributed by atoms with E-state index < -0.39 is 29.6 Å². The fourth-order valence-corrected chi connectivity index (χ4v) is 5.69. The maximum Gasteiger partial charge on any atom is 0.320 e. The van der Waals surface area contributed by atoms with Gasteiger partial charge in [-0.1, -0.05) is 48.5 Å². The van der Waals surface area contributed by atoms with Gasteiger partial charge in [0.25, 0.3) is 5.91 Å². The van der Waals surface area contributed by atoms with E-state index in [0.717, 1.165) is 21.9 Å². The molecule has 0 radical (unpaired) electrons. The SMILES string of the molecule is COC(=O)CCCCC(=O)N1C[C@H](NC(=O)[C@H](C)NCC(=O)OC(C)(C)C)C(=O)N(Cc2c(C)ccc3ccccc23)c2ccccc21. The minimum atomic E-state index is -1.09. The lowest BCUT2D eigenvalue weighted by Crippen LogP contribution is -2.56. The van der Waals surface area contributed by atoms with Gasteiger partial charge in [-0.15, -0.1) is 0 Å². The second-order valence-electron chi connectivity index (χ2n) is 13.0. The third kappa shape index (κ3) is 9.19. The molecule has 1 aliphatic rings. The van der Waals surface area contributed by atoms with Crippen LogP contribution in [0.15, 0.2) is 60.7 Å². The molecule has 0 bridgehead atoms. The molecule has 3 aromatic carbocycles. The summed E-state index contributed by atoms with van der Waals surface area (Å²) in [4.78, 5) is 68.8. The van der Waals surface area contributed by atoms with E-state index in [1.54, 1.807) is 49.6 Å². The number of rotatable bonds is 12. The van der Waals surface area contributed by atoms with E-state index in [4.69, 9.17) is 9.47 Å². The number of esters is 2. The van der Waals surface area contributed by atoms with Crippen LogP contribution >= 0.6 is 0 Å². The van der Waals surface area contributed by atoms with Gasteiger partial charge in [-0.05, 0) is 81.5 Å². The van der Waals surface area contributed by atoms with Gasteiger partial charge < -0.3 is 24.6 Å². The number of benzene rings is 3. The van der Waals surface area contributed by atoms with Crippen LogP contribution in [0.5, 0.6) is 0 Å². The molecule has 3 aromatic rings. The third-order valence-corrected chi connectivity index (χ3v) is 8.22. The predicted octanol–water partition coefficient (Wildman–Crippen LogP) is 4.57. The summed E-state index contributed by atoms with van der Waals surface area (Å²) >= 11 is 0. The molecule has 256 valence electrons. The molecule has 4 rings (SSSR count). The number of para-hydroxylation sites is 2. The zero-order chi connectivity index (χ0) is 35.0. The Morgan fingerprint density at radius 1 is 0.917 bits per heavy atom. The molecule has 0 unspecified atom stereocenters. The summed E-state index contributed by atoms with van der Waals surface area (Å²) in [6.07, 6.45) is 1.25. The lowest BCUT2D eigenvalue weighted by molar-refractivity contribution is -0.153. The second kappa shape index (κ2) is 15.9. The molecule has 0 spiro atoms. The van der Waals surface area contributed by atoms with Gasteiger partial charge in [0.1, 0.15) is 11.6 Å². The van der Waals surface area contributed by atoms with Gasteiger partial charge in [-0.3, -0.25) is 29.3 Å². The Labute approximate surface area is 281 Å². The molecule has 11 nitrogen and oxygen atoms in total. The summed E-state index contributed by atoms with van der Waals surface area (Å²) in [5.74, 6) is -1.97. The number of aryl methyl sites for hydroxylation is 1. The molecular weight excluding hydrogens is 612 g/mol. The highest BCUT2D eigenvalue weighted by Gasteiger charge is 2.37. The molecule has 2 N–H and O–H groups in total. The van der Waals surface area contributed by atoms with Crippen LogP contribution in [0.25, 0.3) is 10.8 Å². The fraction of sp³-hybridized carbons (Fsp3) is 0.432. The smallest absolute Gasteiger partial charge is 0.320 e. The minimum absolute atomic E-state index is 0.0960. The number of hydrogen-bond donors (Lipinski definition) is 2. The lowest BCUT2D eigenvalue weighted by atomic mass is 9.99. The van der Waals surface area contributed by atoms with Crippen molar-refractivity contribution in [2.45, 2.75) is 84.5 Å². The molecule has 48 heavy (non-hydrogen) atoms. The monoisotopic (exact) mass is 658 g/mol. The summed E-state index contributed by atoms with van der Waals surface area (Å²) in [6, 6.07) is 17.3. The van der Waals surface area contributed by atoms with Crippen molar-refractivity contribution in [3.8, 4) is 0 Å². The number of carbonyl (C=O) groups excluding carboxylic acids is 5. The number of methoxy groups -OCH3 is 1. The molecule has 11 heteroatoms. The Hall–Kier alpha value is -4.77. The molecule has 0 aliphatic carbocycles. The number of unbranched alkanes of at least 4 members (excludes halogenated alkanes) is 1. The van der Waals surface area contributed by atoms with Gasteiger partial charge in [0, 0.05) is 12.8 Å². The van der Waals surface area contributed by atoms with Crippen molar-refractivity contribution in [3.05, 3.63) is 71.8 Å². The number of amides is 3. The first-order valence-corrected chi connectivity index (χ1v) is 16.3. The van der Waals surface area contributed by atoms with Gasteiger partial charge in [-0.2, -0.15) is 0 Å². The van der Waals surface area contributed by atoms with Crippen LogP contribution in [0, 0.1) is 6.92 Å². The maximum absolute atomic E-state index is 14.5. The maximum atomic E-state index is 14.5. The molecule has 0 saturated heterocycles. The van der Waals surface area contributed by atoms with Crippen LogP contribution in [0.1, 0.15) is 64.5 Å². The Morgan fingerprint density at radius 2 is 1.58 bits per heavy atom. The van der Waals surface area contributed by atoms with Gasteiger partial charge in [-0.25, -0.2) is 0 Å². The molecule has 2 atom stereocenters. The molecule has 0 fully saturated rings. The number of fused-ring (bicyclic) bond motifs is 2. The van der Waals surface area contributed by atoms with Gasteiger partial charge in [0.15, 0.2) is 0 Å². The van der Waals surface area contributed by atoms with Crippen LogP contribution in [0.2, 0.25) is 0 Å². The van der Waals surface area contributed by atoms with Gasteiger partial charge in [0.05, 0.1) is 44.2 Å². The van der Waals surface area contributed by atoms with Crippen LogP contribution < -0.4 is 20.4 Å². The van der Waals surface area contributed by atoms with E-state index in [-0.39, 0.29) is 50.3 Å². The zero-order valence-corrected chi connectivity index (χ0v) is 28.6. The van der Waals surface area contributed by atoms with Crippen molar-refractivity contribution in [1.29, 1.82) is 0 Å². The van der Waals surface area contributed by atoms with E-state index >= 15 is 0 Å². The molecule has 1 aliphatic heterocycles. The summed E-state index contributed by atoms with van der Waals surface area (Å²) in [6.45, 7) is 8.79. The number of nitrogens with one attached hydrogen (secondary N) is 2. The highest BCUT2D eigenvalue weighted by Crippen LogP contribution is 2.36. The fourth-order valence-electron chi connectivity index (χ4n) is 5.69. The van der Waals surface area contributed by atoms with Gasteiger partial charge >= 0.3 is 11.9 Å². The topological polar surface area (TPSA) is 134 Å². The van der Waals surface area contributed by atoms with Crippen LogP contribution in [-0.4, -0.2) is 67.5 Å². The average Bonchev–Trinajstić information content (AvgIpc) is 3.16. The van der Waals surface area contributed by atoms with Crippen LogP contribution in [0.3, 0.4) is 0 Å². The highest BCUT2D eigenvalue weighted by molar-refractivity contribution is 6.08. The first kappa shape index (κ1) is 36.1. The van der Waals surface area contributed by atoms with E-state index in [0.29, 0.717) is 24.2 Å². The molecule has 0 aromatic heterocycles. The summed E-state index contributed by atoms with van der Waals surface area (Å²) in [5, 5.41) is 7.77. The first-order chi connectivity index (χ1) is 22.8. The van der Waals surface area contributed by atoms with E-state index in [9.17, 15) is 24.0 Å². The van der Waals surface area contributed by atoms with Crippen molar-refractivity contribution < 1.29 is 33.4 Å². The quantitative estimate of drug-likeness (QED) is 0.214. The Morgan fingerprint density at radius 3 is 2.29 bits per heavy atom. The van der Waals surface area contributed by atoms with E-state index in [1.807, 2.05) is 55.5 Å². The Bertz CT molecular complexity index is 1660. The standard InChI is InChI=1S/C37H46N4O7/c1-24-19-20-26-13-7-8-14-27(26)28(24)22-41-31-16-10-9-15-30(31)40(32(42)17-11-12-18-33(43)47-6)23-29(36(41)46)39-35(45)25(2)38-21-34(44)48-37(3,4)5/h7-10,13-16,19-20,25,29,38H,11-12,17-18,21-23H2,1-6H3,(H,39,45)/t25-,29-/m0/s1. The summed E-state index contributed by atoms with van der Waals surface area (Å²) in [5.41, 5.74) is 2.38.